The molecule has 3 rings (SSSR count). The highest BCUT2D eigenvalue weighted by atomic mass is 32.2. The van der Waals surface area contributed by atoms with Crippen molar-refractivity contribution in [3.05, 3.63) is 52.2 Å². The smallest absolute Gasteiger partial charge is 0.270 e. The predicted molar refractivity (Wildman–Crippen MR) is 82.0 cm³/mol. The summed E-state index contributed by atoms with van der Waals surface area (Å²) in [5, 5.41) is 10.2. The summed E-state index contributed by atoms with van der Waals surface area (Å²) in [6.45, 7) is 0. The first-order valence-electron chi connectivity index (χ1n) is 6.27. The molecule has 108 valence electrons. The highest BCUT2D eigenvalue weighted by molar-refractivity contribution is 7.98. The average molecular weight is 312 g/mol. The van der Waals surface area contributed by atoms with Gasteiger partial charge in [0.25, 0.3) is 5.56 Å². The number of H-pyrrole nitrogens is 1. The van der Waals surface area contributed by atoms with Gasteiger partial charge in [-0.05, 0) is 18.4 Å². The summed E-state index contributed by atoms with van der Waals surface area (Å²) in [5.74, 6) is -0.576. The van der Waals surface area contributed by atoms with Gasteiger partial charge >= 0.3 is 0 Å². The van der Waals surface area contributed by atoms with Crippen LogP contribution >= 0.6 is 11.8 Å². The maximum Gasteiger partial charge on any atom is 0.270 e. The van der Waals surface area contributed by atoms with Gasteiger partial charge in [0, 0.05) is 23.2 Å². The molecule has 0 aliphatic heterocycles. The fraction of sp³-hybridized carbons (Fsp3) is 0.0667. The van der Waals surface area contributed by atoms with Crippen molar-refractivity contribution in [2.75, 3.05) is 6.26 Å². The molecule has 7 heteroatoms. The molecule has 1 aromatic carbocycles. The van der Waals surface area contributed by atoms with Crippen LogP contribution in [-0.4, -0.2) is 21.2 Å². The number of aromatic amines is 1. The Balaban J connectivity index is 2.36. The molecule has 0 aliphatic carbocycles. The van der Waals surface area contributed by atoms with Gasteiger partial charge in [0.15, 0.2) is 5.16 Å². The lowest BCUT2D eigenvalue weighted by Crippen LogP contribution is -2.15. The van der Waals surface area contributed by atoms with E-state index in [1.165, 1.54) is 17.8 Å². The Morgan fingerprint density at radius 1 is 1.41 bits per heavy atom. The summed E-state index contributed by atoms with van der Waals surface area (Å²) in [7, 11) is 0. The average Bonchev–Trinajstić information content (AvgIpc) is 2.53. The minimum atomic E-state index is -0.581. The van der Waals surface area contributed by atoms with Crippen molar-refractivity contribution >= 4 is 22.7 Å². The van der Waals surface area contributed by atoms with Crippen molar-refractivity contribution in [2.45, 2.75) is 5.16 Å². The number of halogens is 1. The normalized spacial score (nSPS) is 10.6. The van der Waals surface area contributed by atoms with Gasteiger partial charge in [-0.15, -0.1) is 0 Å². The third-order valence-electron chi connectivity index (χ3n) is 3.15. The van der Waals surface area contributed by atoms with E-state index in [4.69, 9.17) is 0 Å². The molecule has 2 aromatic heterocycles. The third kappa shape index (κ3) is 2.34. The van der Waals surface area contributed by atoms with Crippen molar-refractivity contribution in [1.29, 1.82) is 5.26 Å². The van der Waals surface area contributed by atoms with E-state index < -0.39 is 11.4 Å². The second-order valence-corrected chi connectivity index (χ2v) is 5.23. The number of nitrogens with one attached hydrogen (secondary N) is 1. The number of benzene rings is 1. The SMILES string of the molecule is CSc1nc(-c2cc3cccnc3cc2F)c(C#N)c(=O)[nH]1. The molecule has 0 saturated heterocycles. The molecule has 0 fully saturated rings. The maximum absolute atomic E-state index is 14.4. The Morgan fingerprint density at radius 3 is 2.95 bits per heavy atom. The van der Waals surface area contributed by atoms with Gasteiger partial charge in [-0.25, -0.2) is 9.37 Å². The molecule has 0 aliphatic rings. The van der Waals surface area contributed by atoms with Crippen molar-refractivity contribution in [3.8, 4) is 17.3 Å². The molecule has 5 nitrogen and oxygen atoms in total. The predicted octanol–water partition coefficient (Wildman–Crippen LogP) is 2.72. The van der Waals surface area contributed by atoms with E-state index in [1.807, 2.05) is 0 Å². The van der Waals surface area contributed by atoms with Crippen molar-refractivity contribution < 1.29 is 4.39 Å². The van der Waals surface area contributed by atoms with Crippen LogP contribution in [0, 0.1) is 17.1 Å². The summed E-state index contributed by atoms with van der Waals surface area (Å²) in [6.07, 6.45) is 3.30. The van der Waals surface area contributed by atoms with E-state index in [1.54, 1.807) is 36.7 Å². The Labute approximate surface area is 128 Å². The van der Waals surface area contributed by atoms with E-state index in [9.17, 15) is 14.4 Å². The van der Waals surface area contributed by atoms with Crippen molar-refractivity contribution in [2.24, 2.45) is 0 Å². The summed E-state index contributed by atoms with van der Waals surface area (Å²) in [5.41, 5.74) is -0.142. The van der Waals surface area contributed by atoms with Gasteiger partial charge in [0.05, 0.1) is 11.2 Å². The molecule has 22 heavy (non-hydrogen) atoms. The van der Waals surface area contributed by atoms with Crippen molar-refractivity contribution in [1.82, 2.24) is 15.0 Å². The molecule has 0 saturated carbocycles. The first-order chi connectivity index (χ1) is 10.6. The zero-order valence-electron chi connectivity index (χ0n) is 11.4. The number of hydrogen-bond donors (Lipinski definition) is 1. The van der Waals surface area contributed by atoms with E-state index >= 15 is 0 Å². The number of thioether (sulfide) groups is 1. The lowest BCUT2D eigenvalue weighted by atomic mass is 10.0. The molecule has 2 heterocycles. The summed E-state index contributed by atoms with van der Waals surface area (Å²) < 4.78 is 14.4. The number of rotatable bonds is 2. The van der Waals surface area contributed by atoms with Gasteiger partial charge in [-0.1, -0.05) is 17.8 Å². The highest BCUT2D eigenvalue weighted by Crippen LogP contribution is 2.27. The van der Waals surface area contributed by atoms with Crippen LogP contribution in [0.5, 0.6) is 0 Å². The van der Waals surface area contributed by atoms with Gasteiger partial charge in [0.1, 0.15) is 17.4 Å². The molecule has 0 amide bonds. The van der Waals surface area contributed by atoms with Gasteiger partial charge in [-0.2, -0.15) is 5.26 Å². The van der Waals surface area contributed by atoms with Crippen LogP contribution in [0.2, 0.25) is 0 Å². The third-order valence-corrected chi connectivity index (χ3v) is 3.73. The van der Waals surface area contributed by atoms with Gasteiger partial charge in [0.2, 0.25) is 0 Å². The van der Waals surface area contributed by atoms with Crippen LogP contribution in [0.3, 0.4) is 0 Å². The quantitative estimate of drug-likeness (QED) is 0.581. The van der Waals surface area contributed by atoms with E-state index in [0.29, 0.717) is 16.1 Å². The molecule has 0 spiro atoms. The molecular weight excluding hydrogens is 303 g/mol. The molecule has 0 unspecified atom stereocenters. The van der Waals surface area contributed by atoms with Crippen LogP contribution in [-0.2, 0) is 0 Å². The van der Waals surface area contributed by atoms with Gasteiger partial charge in [-0.3, -0.25) is 9.78 Å². The molecule has 0 radical (unpaired) electrons. The summed E-state index contributed by atoms with van der Waals surface area (Å²) in [6, 6.07) is 8.12. The topological polar surface area (TPSA) is 82.4 Å². The summed E-state index contributed by atoms with van der Waals surface area (Å²) in [4.78, 5) is 22.7. The number of aromatic nitrogens is 3. The molecule has 0 atom stereocenters. The standard InChI is InChI=1S/C15H9FN4OS/c1-22-15-19-13(10(7-17)14(21)20-15)9-5-8-3-2-4-18-12(8)6-11(9)16/h2-6H,1H3,(H,19,20,21). The number of pyridine rings is 1. The van der Waals surface area contributed by atoms with E-state index in [2.05, 4.69) is 15.0 Å². The lowest BCUT2D eigenvalue weighted by molar-refractivity contribution is 0.631. The van der Waals surface area contributed by atoms with Crippen molar-refractivity contribution in [3.63, 3.8) is 0 Å². The number of nitrogens with zero attached hydrogens (tertiary/aromatic N) is 3. The number of nitriles is 1. The summed E-state index contributed by atoms with van der Waals surface area (Å²) >= 11 is 1.21. The number of fused-ring (bicyclic) bond motifs is 1. The largest absolute Gasteiger partial charge is 0.300 e. The van der Waals surface area contributed by atoms with E-state index in [0.717, 1.165) is 0 Å². The minimum Gasteiger partial charge on any atom is -0.300 e. The molecule has 1 N–H and O–H groups in total. The van der Waals surface area contributed by atoms with Crippen LogP contribution in [0.15, 0.2) is 40.4 Å². The van der Waals surface area contributed by atoms with Gasteiger partial charge < -0.3 is 4.98 Å². The lowest BCUT2D eigenvalue weighted by Gasteiger charge is -2.07. The molecular formula is C15H9FN4OS. The Kier molecular flexibility index (Phi) is 3.61. The first kappa shape index (κ1) is 14.2. The maximum atomic E-state index is 14.4. The second kappa shape index (κ2) is 5.58. The second-order valence-electron chi connectivity index (χ2n) is 4.44. The Morgan fingerprint density at radius 2 is 2.23 bits per heavy atom. The molecule has 0 bridgehead atoms. The van der Waals surface area contributed by atoms with Crippen LogP contribution < -0.4 is 5.56 Å². The monoisotopic (exact) mass is 312 g/mol. The highest BCUT2D eigenvalue weighted by Gasteiger charge is 2.17. The fourth-order valence-corrected chi connectivity index (χ4v) is 2.50. The fourth-order valence-electron chi connectivity index (χ4n) is 2.12. The van der Waals surface area contributed by atoms with E-state index in [-0.39, 0.29) is 16.8 Å². The molecule has 3 aromatic rings. The first-order valence-corrected chi connectivity index (χ1v) is 7.49. The Bertz CT molecular complexity index is 977. The minimum absolute atomic E-state index is 0.0406. The van der Waals surface area contributed by atoms with Crippen LogP contribution in [0.4, 0.5) is 4.39 Å². The van der Waals surface area contributed by atoms with Crippen LogP contribution in [0.1, 0.15) is 5.56 Å². The Hall–Kier alpha value is -2.72. The number of hydrogen-bond acceptors (Lipinski definition) is 5. The zero-order chi connectivity index (χ0) is 15.7. The van der Waals surface area contributed by atoms with Crippen LogP contribution in [0.25, 0.3) is 22.2 Å². The zero-order valence-corrected chi connectivity index (χ0v) is 12.2.